The molecule has 3 rings (SSSR count). The lowest BCUT2D eigenvalue weighted by Gasteiger charge is -2.31. The predicted molar refractivity (Wildman–Crippen MR) is 98.0 cm³/mol. The molecule has 0 spiro atoms. The summed E-state index contributed by atoms with van der Waals surface area (Å²) in [7, 11) is 1.75. The number of hydrogen-bond acceptors (Lipinski definition) is 1. The maximum atomic E-state index is 5.71. The molecule has 0 radical (unpaired) electrons. The van der Waals surface area contributed by atoms with Crippen molar-refractivity contribution < 1.29 is 4.74 Å². The summed E-state index contributed by atoms with van der Waals surface area (Å²) in [5.41, 5.74) is 6.39. The van der Waals surface area contributed by atoms with E-state index in [4.69, 9.17) is 4.74 Å². The van der Waals surface area contributed by atoms with Crippen LogP contribution in [0.4, 0.5) is 0 Å². The Bertz CT molecular complexity index is 782. The smallest absolute Gasteiger partial charge is 0.127 e. The molecule has 1 unspecified atom stereocenters. The first-order chi connectivity index (χ1) is 11.0. The van der Waals surface area contributed by atoms with Gasteiger partial charge in [0.15, 0.2) is 0 Å². The monoisotopic (exact) mass is 304 g/mol. The molecular weight excluding hydrogens is 280 g/mol. The van der Waals surface area contributed by atoms with Gasteiger partial charge in [0.05, 0.1) is 7.11 Å². The van der Waals surface area contributed by atoms with Gasteiger partial charge in [-0.25, -0.2) is 0 Å². The molecule has 0 aliphatic heterocycles. The number of ether oxygens (including phenoxy) is 1. The zero-order chi connectivity index (χ0) is 16.4. The average Bonchev–Trinajstić information content (AvgIpc) is 2.57. The molecule has 0 fully saturated rings. The molecule has 2 aromatic carbocycles. The number of hydrogen-bond donors (Lipinski definition) is 0. The van der Waals surface area contributed by atoms with Gasteiger partial charge in [-0.3, -0.25) is 0 Å². The summed E-state index contributed by atoms with van der Waals surface area (Å²) in [5.74, 6) is 0.942. The molecule has 1 aliphatic rings. The summed E-state index contributed by atoms with van der Waals surface area (Å²) < 4.78 is 5.71. The van der Waals surface area contributed by atoms with E-state index < -0.39 is 0 Å². The van der Waals surface area contributed by atoms with E-state index >= 15 is 0 Å². The third-order valence-corrected chi connectivity index (χ3v) is 4.84. The largest absolute Gasteiger partial charge is 0.496 e. The average molecular weight is 304 g/mol. The van der Waals surface area contributed by atoms with Gasteiger partial charge in [-0.15, -0.1) is 0 Å². The van der Waals surface area contributed by atoms with Crippen molar-refractivity contribution in [3.63, 3.8) is 0 Å². The Hall–Kier alpha value is -2.28. The Morgan fingerprint density at radius 3 is 2.43 bits per heavy atom. The lowest BCUT2D eigenvalue weighted by molar-refractivity contribution is 0.415. The third-order valence-electron chi connectivity index (χ3n) is 4.84. The van der Waals surface area contributed by atoms with Crippen LogP contribution in [-0.4, -0.2) is 7.11 Å². The number of allylic oxidation sites excluding steroid dienone is 4. The zero-order valence-corrected chi connectivity index (χ0v) is 14.4. The van der Waals surface area contributed by atoms with Crippen molar-refractivity contribution in [3.05, 3.63) is 77.4 Å². The highest BCUT2D eigenvalue weighted by atomic mass is 16.5. The standard InChI is InChI=1S/C22H24O/c1-16-12-14-22(3,15-13-16)19-10-7-11-20(23-4)21(19)18-9-6-5-8-17(18)2/h5-14H,15H2,1-4H3. The zero-order valence-electron chi connectivity index (χ0n) is 14.4. The van der Waals surface area contributed by atoms with Crippen molar-refractivity contribution in [2.75, 3.05) is 7.11 Å². The van der Waals surface area contributed by atoms with Crippen molar-refractivity contribution >= 4 is 0 Å². The highest BCUT2D eigenvalue weighted by molar-refractivity contribution is 5.78. The lowest BCUT2D eigenvalue weighted by atomic mass is 9.73. The van der Waals surface area contributed by atoms with E-state index in [0.717, 1.165) is 12.2 Å². The first-order valence-electron chi connectivity index (χ1n) is 8.14. The van der Waals surface area contributed by atoms with Crippen LogP contribution in [0, 0.1) is 6.92 Å². The molecule has 118 valence electrons. The maximum Gasteiger partial charge on any atom is 0.127 e. The highest BCUT2D eigenvalue weighted by Gasteiger charge is 2.29. The normalized spacial score (nSPS) is 20.3. The number of aryl methyl sites for hydroxylation is 1. The fourth-order valence-corrected chi connectivity index (χ4v) is 3.33. The molecular formula is C22H24O. The Balaban J connectivity index is 2.23. The van der Waals surface area contributed by atoms with E-state index in [2.05, 4.69) is 81.5 Å². The molecule has 0 saturated heterocycles. The number of rotatable bonds is 3. The van der Waals surface area contributed by atoms with Crippen molar-refractivity contribution in [1.29, 1.82) is 0 Å². The fraction of sp³-hybridized carbons (Fsp3) is 0.273. The minimum atomic E-state index is -0.00827. The van der Waals surface area contributed by atoms with Gasteiger partial charge in [-0.05, 0) is 43.0 Å². The number of benzene rings is 2. The van der Waals surface area contributed by atoms with E-state index in [1.165, 1.54) is 27.8 Å². The van der Waals surface area contributed by atoms with E-state index in [-0.39, 0.29) is 5.41 Å². The summed E-state index contributed by atoms with van der Waals surface area (Å²) in [6.45, 7) is 6.63. The Labute approximate surface area is 139 Å². The van der Waals surface area contributed by atoms with Crippen LogP contribution in [0.25, 0.3) is 11.1 Å². The van der Waals surface area contributed by atoms with Crippen molar-refractivity contribution in [3.8, 4) is 16.9 Å². The molecule has 0 bridgehead atoms. The van der Waals surface area contributed by atoms with Gasteiger partial charge < -0.3 is 4.74 Å². The third kappa shape index (κ3) is 2.84. The topological polar surface area (TPSA) is 9.23 Å². The lowest BCUT2D eigenvalue weighted by Crippen LogP contribution is -2.21. The van der Waals surface area contributed by atoms with Gasteiger partial charge in [0.1, 0.15) is 5.75 Å². The summed E-state index contributed by atoms with van der Waals surface area (Å²) in [6.07, 6.45) is 7.89. The minimum Gasteiger partial charge on any atom is -0.496 e. The van der Waals surface area contributed by atoms with E-state index in [0.29, 0.717) is 0 Å². The van der Waals surface area contributed by atoms with E-state index in [1.807, 2.05) is 0 Å². The molecule has 1 nitrogen and oxygen atoms in total. The van der Waals surface area contributed by atoms with Gasteiger partial charge in [0.25, 0.3) is 0 Å². The molecule has 1 aliphatic carbocycles. The molecule has 2 aromatic rings. The van der Waals surface area contributed by atoms with Crippen molar-refractivity contribution in [2.24, 2.45) is 0 Å². The van der Waals surface area contributed by atoms with Crippen LogP contribution in [0.2, 0.25) is 0 Å². The molecule has 1 heteroatoms. The summed E-state index contributed by atoms with van der Waals surface area (Å²) in [5, 5.41) is 0. The minimum absolute atomic E-state index is 0.00827. The van der Waals surface area contributed by atoms with Crippen LogP contribution >= 0.6 is 0 Å². The fourth-order valence-electron chi connectivity index (χ4n) is 3.33. The Morgan fingerprint density at radius 1 is 1.00 bits per heavy atom. The van der Waals surface area contributed by atoms with Crippen molar-refractivity contribution in [1.82, 2.24) is 0 Å². The van der Waals surface area contributed by atoms with Gasteiger partial charge in [0, 0.05) is 11.0 Å². The van der Waals surface area contributed by atoms with Crippen LogP contribution in [0.5, 0.6) is 5.75 Å². The molecule has 23 heavy (non-hydrogen) atoms. The summed E-state index contributed by atoms with van der Waals surface area (Å²) >= 11 is 0. The predicted octanol–water partition coefficient (Wildman–Crippen LogP) is 5.83. The molecule has 0 amide bonds. The van der Waals surface area contributed by atoms with Crippen molar-refractivity contribution in [2.45, 2.75) is 32.6 Å². The Kier molecular flexibility index (Phi) is 4.12. The molecule has 1 atom stereocenters. The Morgan fingerprint density at radius 2 is 1.78 bits per heavy atom. The SMILES string of the molecule is COc1cccc(C2(C)C=CC(C)=CC2)c1-c1ccccc1C. The second kappa shape index (κ2) is 6.08. The molecule has 0 saturated carbocycles. The summed E-state index contributed by atoms with van der Waals surface area (Å²) in [6, 6.07) is 14.9. The second-order valence-corrected chi connectivity index (χ2v) is 6.60. The van der Waals surface area contributed by atoms with Gasteiger partial charge in [0.2, 0.25) is 0 Å². The first kappa shape index (κ1) is 15.6. The van der Waals surface area contributed by atoms with Crippen LogP contribution in [0.3, 0.4) is 0 Å². The second-order valence-electron chi connectivity index (χ2n) is 6.60. The highest BCUT2D eigenvalue weighted by Crippen LogP contribution is 2.44. The summed E-state index contributed by atoms with van der Waals surface area (Å²) in [4.78, 5) is 0. The van der Waals surface area contributed by atoms with Crippen LogP contribution < -0.4 is 4.74 Å². The van der Waals surface area contributed by atoms with Crippen LogP contribution in [0.1, 0.15) is 31.4 Å². The van der Waals surface area contributed by atoms with Crippen LogP contribution in [0.15, 0.2) is 66.3 Å². The first-order valence-corrected chi connectivity index (χ1v) is 8.14. The quantitative estimate of drug-likeness (QED) is 0.692. The van der Waals surface area contributed by atoms with Gasteiger partial charge in [-0.2, -0.15) is 0 Å². The maximum absolute atomic E-state index is 5.71. The van der Waals surface area contributed by atoms with Gasteiger partial charge >= 0.3 is 0 Å². The van der Waals surface area contributed by atoms with Crippen LogP contribution in [-0.2, 0) is 5.41 Å². The molecule has 0 aromatic heterocycles. The van der Waals surface area contributed by atoms with E-state index in [9.17, 15) is 0 Å². The molecule has 0 heterocycles. The number of methoxy groups -OCH3 is 1. The molecule has 0 N–H and O–H groups in total. The van der Waals surface area contributed by atoms with E-state index in [1.54, 1.807) is 7.11 Å². The van der Waals surface area contributed by atoms with Gasteiger partial charge in [-0.1, -0.05) is 67.1 Å².